The third kappa shape index (κ3) is 2.48. The van der Waals surface area contributed by atoms with E-state index in [2.05, 4.69) is 46.0 Å². The van der Waals surface area contributed by atoms with Crippen molar-refractivity contribution in [3.8, 4) is 0 Å². The first-order chi connectivity index (χ1) is 8.42. The lowest BCUT2D eigenvalue weighted by Crippen LogP contribution is -2.03. The second-order valence-electron chi connectivity index (χ2n) is 3.74. The van der Waals surface area contributed by atoms with Crippen molar-refractivity contribution in [2.75, 3.05) is 11.9 Å². The Morgan fingerprint density at radius 3 is 2.88 bits per heavy atom. The van der Waals surface area contributed by atoms with Crippen molar-refractivity contribution in [1.82, 2.24) is 4.98 Å². The highest BCUT2D eigenvalue weighted by atomic mass is 32.1. The number of hydrogen-bond donors (Lipinski definition) is 1. The number of benzene rings is 1. The van der Waals surface area contributed by atoms with Crippen LogP contribution in [0.5, 0.6) is 0 Å². The summed E-state index contributed by atoms with van der Waals surface area (Å²) in [6.45, 7) is 0.945. The lowest BCUT2D eigenvalue weighted by Gasteiger charge is -1.99. The maximum Gasteiger partial charge on any atom is 0.183 e. The zero-order valence-electron chi connectivity index (χ0n) is 9.22. The van der Waals surface area contributed by atoms with Gasteiger partial charge in [0.05, 0.1) is 10.2 Å². The molecule has 0 aliphatic heterocycles. The Labute approximate surface area is 108 Å². The Hall–Kier alpha value is -1.39. The number of thiophene rings is 1. The minimum Gasteiger partial charge on any atom is -0.361 e. The fourth-order valence-electron chi connectivity index (χ4n) is 1.70. The molecule has 0 unspecified atom stereocenters. The van der Waals surface area contributed by atoms with E-state index < -0.39 is 0 Å². The van der Waals surface area contributed by atoms with Gasteiger partial charge in [-0.1, -0.05) is 29.5 Å². The maximum atomic E-state index is 4.54. The topological polar surface area (TPSA) is 24.9 Å². The molecule has 4 heteroatoms. The van der Waals surface area contributed by atoms with Crippen LogP contribution < -0.4 is 5.32 Å². The van der Waals surface area contributed by atoms with Crippen LogP contribution in [0.3, 0.4) is 0 Å². The summed E-state index contributed by atoms with van der Waals surface area (Å²) in [5, 5.41) is 6.52. The lowest BCUT2D eigenvalue weighted by molar-refractivity contribution is 1.04. The first-order valence-corrected chi connectivity index (χ1v) is 7.23. The zero-order chi connectivity index (χ0) is 11.5. The fraction of sp³-hybridized carbons (Fsp3) is 0.154. The number of thiazole rings is 1. The zero-order valence-corrected chi connectivity index (χ0v) is 10.9. The fourth-order valence-corrected chi connectivity index (χ4v) is 3.30. The molecule has 86 valence electrons. The molecule has 0 bridgehead atoms. The molecule has 0 aliphatic carbocycles. The molecule has 2 nitrogen and oxygen atoms in total. The van der Waals surface area contributed by atoms with Crippen molar-refractivity contribution in [3.63, 3.8) is 0 Å². The number of nitrogens with zero attached hydrogens (tertiary/aromatic N) is 1. The SMILES string of the molecule is c1csc(CCNc2nc3ccccc3s2)c1. The summed E-state index contributed by atoms with van der Waals surface area (Å²) in [4.78, 5) is 5.96. The van der Waals surface area contributed by atoms with Gasteiger partial charge >= 0.3 is 0 Å². The molecule has 1 N–H and O–H groups in total. The van der Waals surface area contributed by atoms with Gasteiger partial charge in [0.15, 0.2) is 5.13 Å². The molecule has 1 aromatic carbocycles. The van der Waals surface area contributed by atoms with E-state index in [0.717, 1.165) is 23.6 Å². The summed E-state index contributed by atoms with van der Waals surface area (Å²) in [6, 6.07) is 12.5. The molecule has 0 aliphatic rings. The van der Waals surface area contributed by atoms with Crippen LogP contribution in [0.1, 0.15) is 4.88 Å². The summed E-state index contributed by atoms with van der Waals surface area (Å²) < 4.78 is 1.24. The van der Waals surface area contributed by atoms with E-state index in [4.69, 9.17) is 0 Å². The van der Waals surface area contributed by atoms with Gasteiger partial charge in [-0.3, -0.25) is 0 Å². The molecule has 0 atom stereocenters. The second-order valence-corrected chi connectivity index (χ2v) is 5.81. The van der Waals surface area contributed by atoms with Gasteiger partial charge in [0.25, 0.3) is 0 Å². The molecule has 3 rings (SSSR count). The largest absolute Gasteiger partial charge is 0.361 e. The summed E-state index contributed by atoms with van der Waals surface area (Å²) >= 11 is 3.52. The molecule has 0 spiro atoms. The highest BCUT2D eigenvalue weighted by molar-refractivity contribution is 7.22. The van der Waals surface area contributed by atoms with Crippen LogP contribution in [0.4, 0.5) is 5.13 Å². The van der Waals surface area contributed by atoms with Gasteiger partial charge in [-0.15, -0.1) is 11.3 Å². The molecule has 0 saturated heterocycles. The van der Waals surface area contributed by atoms with E-state index >= 15 is 0 Å². The number of rotatable bonds is 4. The number of anilines is 1. The number of nitrogens with one attached hydrogen (secondary N) is 1. The molecule has 17 heavy (non-hydrogen) atoms. The number of aromatic nitrogens is 1. The van der Waals surface area contributed by atoms with Gasteiger partial charge in [-0.25, -0.2) is 4.98 Å². The van der Waals surface area contributed by atoms with Crippen LogP contribution in [0.15, 0.2) is 41.8 Å². The molecule has 0 saturated carbocycles. The molecule has 0 fully saturated rings. The minimum atomic E-state index is 0.945. The predicted molar refractivity (Wildman–Crippen MR) is 76.1 cm³/mol. The van der Waals surface area contributed by atoms with Crippen LogP contribution in [-0.2, 0) is 6.42 Å². The van der Waals surface area contributed by atoms with Crippen LogP contribution >= 0.6 is 22.7 Å². The Kier molecular flexibility index (Phi) is 3.07. The Morgan fingerprint density at radius 2 is 2.06 bits per heavy atom. The summed E-state index contributed by atoms with van der Waals surface area (Å²) in [6.07, 6.45) is 1.06. The van der Waals surface area contributed by atoms with Crippen LogP contribution in [0.25, 0.3) is 10.2 Å². The van der Waals surface area contributed by atoms with Crippen molar-refractivity contribution in [2.24, 2.45) is 0 Å². The summed E-state index contributed by atoms with van der Waals surface area (Å²) in [5.74, 6) is 0. The average molecular weight is 260 g/mol. The number of hydrogen-bond acceptors (Lipinski definition) is 4. The van der Waals surface area contributed by atoms with Gasteiger partial charge in [-0.2, -0.15) is 0 Å². The Bertz CT molecular complexity index is 566. The van der Waals surface area contributed by atoms with E-state index in [0.29, 0.717) is 0 Å². The monoisotopic (exact) mass is 260 g/mol. The normalized spacial score (nSPS) is 10.8. The molecule has 3 aromatic rings. The number of fused-ring (bicyclic) bond motifs is 1. The third-order valence-electron chi connectivity index (χ3n) is 2.52. The average Bonchev–Trinajstić information content (AvgIpc) is 2.96. The Morgan fingerprint density at radius 1 is 1.12 bits per heavy atom. The standard InChI is InChI=1S/C13H12N2S2/c1-2-6-12-11(5-1)15-13(17-12)14-8-7-10-4-3-9-16-10/h1-6,9H,7-8H2,(H,14,15). The van der Waals surface area contributed by atoms with Crippen molar-refractivity contribution in [3.05, 3.63) is 46.7 Å². The van der Waals surface area contributed by atoms with E-state index in [1.54, 1.807) is 22.7 Å². The molecule has 0 amide bonds. The van der Waals surface area contributed by atoms with Gasteiger partial charge < -0.3 is 5.32 Å². The first kappa shape index (κ1) is 10.7. The highest BCUT2D eigenvalue weighted by Gasteiger charge is 2.02. The van der Waals surface area contributed by atoms with Gasteiger partial charge in [0.1, 0.15) is 0 Å². The minimum absolute atomic E-state index is 0.945. The van der Waals surface area contributed by atoms with Gasteiger partial charge in [-0.05, 0) is 30.0 Å². The quantitative estimate of drug-likeness (QED) is 0.766. The molecule has 2 heterocycles. The van der Waals surface area contributed by atoms with Crippen molar-refractivity contribution < 1.29 is 0 Å². The summed E-state index contributed by atoms with van der Waals surface area (Å²) in [7, 11) is 0. The van der Waals surface area contributed by atoms with Crippen LogP contribution in [0.2, 0.25) is 0 Å². The Balaban J connectivity index is 1.65. The van der Waals surface area contributed by atoms with Crippen LogP contribution in [-0.4, -0.2) is 11.5 Å². The van der Waals surface area contributed by atoms with Crippen molar-refractivity contribution in [2.45, 2.75) is 6.42 Å². The number of para-hydroxylation sites is 1. The van der Waals surface area contributed by atoms with Gasteiger partial charge in [0, 0.05) is 11.4 Å². The van der Waals surface area contributed by atoms with E-state index in [-0.39, 0.29) is 0 Å². The van der Waals surface area contributed by atoms with Gasteiger partial charge in [0.2, 0.25) is 0 Å². The van der Waals surface area contributed by atoms with E-state index in [1.165, 1.54) is 9.58 Å². The molecule has 0 radical (unpaired) electrons. The lowest BCUT2D eigenvalue weighted by atomic mass is 10.3. The highest BCUT2D eigenvalue weighted by Crippen LogP contribution is 2.25. The molecular formula is C13H12N2S2. The van der Waals surface area contributed by atoms with Crippen molar-refractivity contribution >= 4 is 38.0 Å². The third-order valence-corrected chi connectivity index (χ3v) is 4.45. The maximum absolute atomic E-state index is 4.54. The summed E-state index contributed by atoms with van der Waals surface area (Å²) in [5.41, 5.74) is 1.08. The predicted octanol–water partition coefficient (Wildman–Crippen LogP) is 4.01. The molecule has 2 aromatic heterocycles. The first-order valence-electron chi connectivity index (χ1n) is 5.54. The smallest absolute Gasteiger partial charge is 0.183 e. The molecular weight excluding hydrogens is 248 g/mol. The second kappa shape index (κ2) is 4.85. The van der Waals surface area contributed by atoms with E-state index in [9.17, 15) is 0 Å². The van der Waals surface area contributed by atoms with Crippen LogP contribution in [0, 0.1) is 0 Å². The van der Waals surface area contributed by atoms with Crippen molar-refractivity contribution in [1.29, 1.82) is 0 Å². The van der Waals surface area contributed by atoms with E-state index in [1.807, 2.05) is 6.07 Å².